The first-order chi connectivity index (χ1) is 12.7. The molecule has 3 aromatic heterocycles. The van der Waals surface area contributed by atoms with Crippen molar-refractivity contribution in [3.63, 3.8) is 0 Å². The standard InChI is InChI=1S/C20H18N2O4/c1-13-6-5-9-22-10-14(21-19(13)22)11-25-20(23)18-16(12-24-2)15-7-3-4-8-17(15)26-18/h3-10H,11-12H2,1-2H3. The van der Waals surface area contributed by atoms with Crippen molar-refractivity contribution >= 4 is 22.6 Å². The molecule has 26 heavy (non-hydrogen) atoms. The molecule has 0 N–H and O–H groups in total. The molecule has 6 heteroatoms. The van der Waals surface area contributed by atoms with Crippen LogP contribution >= 0.6 is 0 Å². The fourth-order valence-corrected chi connectivity index (χ4v) is 3.03. The molecule has 0 atom stereocenters. The van der Waals surface area contributed by atoms with Gasteiger partial charge in [-0.2, -0.15) is 0 Å². The summed E-state index contributed by atoms with van der Waals surface area (Å²) in [5, 5.41) is 0.852. The predicted octanol–water partition coefficient (Wildman–Crippen LogP) is 3.89. The molecule has 6 nitrogen and oxygen atoms in total. The highest BCUT2D eigenvalue weighted by Gasteiger charge is 2.22. The lowest BCUT2D eigenvalue weighted by atomic mass is 10.1. The number of aryl methyl sites for hydroxylation is 1. The van der Waals surface area contributed by atoms with Crippen molar-refractivity contribution in [3.05, 3.63) is 71.4 Å². The summed E-state index contributed by atoms with van der Waals surface area (Å²) in [5.41, 5.74) is 3.91. The van der Waals surface area contributed by atoms with Crippen LogP contribution in [0, 0.1) is 6.92 Å². The van der Waals surface area contributed by atoms with Crippen LogP contribution in [-0.2, 0) is 22.7 Å². The van der Waals surface area contributed by atoms with Crippen molar-refractivity contribution < 1.29 is 18.7 Å². The van der Waals surface area contributed by atoms with E-state index in [-0.39, 0.29) is 19.0 Å². The molecule has 4 aromatic rings. The first-order valence-electron chi connectivity index (χ1n) is 8.27. The van der Waals surface area contributed by atoms with Crippen molar-refractivity contribution in [2.24, 2.45) is 0 Å². The quantitative estimate of drug-likeness (QED) is 0.511. The van der Waals surface area contributed by atoms with E-state index in [4.69, 9.17) is 13.9 Å². The number of carbonyl (C=O) groups is 1. The monoisotopic (exact) mass is 350 g/mol. The number of aromatic nitrogens is 2. The Morgan fingerprint density at radius 3 is 2.85 bits per heavy atom. The summed E-state index contributed by atoms with van der Waals surface area (Å²) in [6.45, 7) is 2.34. The number of ether oxygens (including phenoxy) is 2. The number of methoxy groups -OCH3 is 1. The van der Waals surface area contributed by atoms with Crippen molar-refractivity contribution in [2.45, 2.75) is 20.1 Å². The summed E-state index contributed by atoms with van der Waals surface area (Å²) in [7, 11) is 1.58. The minimum Gasteiger partial charge on any atom is -0.453 e. The van der Waals surface area contributed by atoms with Crippen LogP contribution in [0.25, 0.3) is 16.6 Å². The smallest absolute Gasteiger partial charge is 0.375 e. The lowest BCUT2D eigenvalue weighted by Gasteiger charge is -2.03. The van der Waals surface area contributed by atoms with Crippen LogP contribution in [0.2, 0.25) is 0 Å². The van der Waals surface area contributed by atoms with Gasteiger partial charge in [-0.05, 0) is 24.6 Å². The van der Waals surface area contributed by atoms with E-state index < -0.39 is 5.97 Å². The molecule has 0 fully saturated rings. The SMILES string of the molecule is COCc1c(C(=O)OCc2cn3cccc(C)c3n2)oc2ccccc12. The molecule has 0 spiro atoms. The van der Waals surface area contributed by atoms with Gasteiger partial charge >= 0.3 is 5.97 Å². The van der Waals surface area contributed by atoms with E-state index in [9.17, 15) is 4.79 Å². The molecule has 0 unspecified atom stereocenters. The minimum absolute atomic E-state index is 0.0728. The van der Waals surface area contributed by atoms with Crippen molar-refractivity contribution in [2.75, 3.05) is 7.11 Å². The number of para-hydroxylation sites is 1. The van der Waals surface area contributed by atoms with Crippen LogP contribution in [-0.4, -0.2) is 22.5 Å². The van der Waals surface area contributed by atoms with E-state index in [1.54, 1.807) is 7.11 Å². The Morgan fingerprint density at radius 2 is 2.04 bits per heavy atom. The maximum Gasteiger partial charge on any atom is 0.375 e. The Bertz CT molecular complexity index is 1090. The number of benzene rings is 1. The van der Waals surface area contributed by atoms with Crippen LogP contribution in [0.5, 0.6) is 0 Å². The topological polar surface area (TPSA) is 66.0 Å². The van der Waals surface area contributed by atoms with Gasteiger partial charge in [-0.1, -0.05) is 24.3 Å². The van der Waals surface area contributed by atoms with Gasteiger partial charge in [-0.15, -0.1) is 0 Å². The van der Waals surface area contributed by atoms with Crippen LogP contribution in [0.1, 0.15) is 27.4 Å². The number of pyridine rings is 1. The third kappa shape index (κ3) is 2.84. The first kappa shape index (κ1) is 16.4. The van der Waals surface area contributed by atoms with E-state index in [0.29, 0.717) is 16.8 Å². The molecule has 0 saturated heterocycles. The molecule has 0 saturated carbocycles. The molecule has 132 valence electrons. The zero-order valence-corrected chi connectivity index (χ0v) is 14.6. The molecule has 3 heterocycles. The zero-order valence-electron chi connectivity index (χ0n) is 14.6. The number of hydrogen-bond acceptors (Lipinski definition) is 5. The van der Waals surface area contributed by atoms with Crippen LogP contribution in [0.15, 0.2) is 53.2 Å². The third-order valence-corrected chi connectivity index (χ3v) is 4.25. The van der Waals surface area contributed by atoms with Crippen molar-refractivity contribution in [3.8, 4) is 0 Å². The number of esters is 1. The predicted molar refractivity (Wildman–Crippen MR) is 96.0 cm³/mol. The van der Waals surface area contributed by atoms with Gasteiger partial charge in [0.2, 0.25) is 5.76 Å². The summed E-state index contributed by atoms with van der Waals surface area (Å²) in [6, 6.07) is 11.4. The molecule has 0 radical (unpaired) electrons. The minimum atomic E-state index is -0.526. The Kier molecular flexibility index (Phi) is 4.18. The lowest BCUT2D eigenvalue weighted by Crippen LogP contribution is -2.07. The summed E-state index contributed by atoms with van der Waals surface area (Å²) in [4.78, 5) is 17.1. The molecule has 0 aliphatic rings. The first-order valence-corrected chi connectivity index (χ1v) is 8.27. The maximum atomic E-state index is 12.6. The largest absolute Gasteiger partial charge is 0.453 e. The second kappa shape index (κ2) is 6.65. The number of furan rings is 1. The number of imidazole rings is 1. The number of hydrogen-bond donors (Lipinski definition) is 0. The Labute approximate surface area is 150 Å². The van der Waals surface area contributed by atoms with E-state index >= 15 is 0 Å². The highest BCUT2D eigenvalue weighted by molar-refractivity contribution is 5.96. The zero-order chi connectivity index (χ0) is 18.1. The van der Waals surface area contributed by atoms with Gasteiger partial charge in [-0.3, -0.25) is 0 Å². The number of carbonyl (C=O) groups excluding carboxylic acids is 1. The van der Waals surface area contributed by atoms with Gasteiger partial charge in [0, 0.05) is 30.5 Å². The molecule has 4 rings (SSSR count). The molecule has 0 aliphatic carbocycles. The van der Waals surface area contributed by atoms with Gasteiger partial charge in [0.1, 0.15) is 17.8 Å². The van der Waals surface area contributed by atoms with E-state index in [0.717, 1.165) is 16.6 Å². The molecule has 0 aliphatic heterocycles. The van der Waals surface area contributed by atoms with Gasteiger partial charge in [0.25, 0.3) is 0 Å². The summed E-state index contributed by atoms with van der Waals surface area (Å²) < 4.78 is 18.3. The average Bonchev–Trinajstić information content (AvgIpc) is 3.23. The summed E-state index contributed by atoms with van der Waals surface area (Å²) in [5.74, 6) is -0.352. The van der Waals surface area contributed by atoms with Gasteiger partial charge in [-0.25, -0.2) is 9.78 Å². The van der Waals surface area contributed by atoms with Gasteiger partial charge < -0.3 is 18.3 Å². The molecular formula is C20H18N2O4. The highest BCUT2D eigenvalue weighted by Crippen LogP contribution is 2.27. The van der Waals surface area contributed by atoms with E-state index in [1.807, 2.05) is 60.1 Å². The third-order valence-electron chi connectivity index (χ3n) is 4.25. The second-order valence-electron chi connectivity index (χ2n) is 6.07. The Morgan fingerprint density at radius 1 is 1.19 bits per heavy atom. The fourth-order valence-electron chi connectivity index (χ4n) is 3.03. The number of rotatable bonds is 5. The van der Waals surface area contributed by atoms with Crippen LogP contribution in [0.4, 0.5) is 0 Å². The second-order valence-corrected chi connectivity index (χ2v) is 6.07. The van der Waals surface area contributed by atoms with Gasteiger partial charge in [0.05, 0.1) is 12.3 Å². The highest BCUT2D eigenvalue weighted by atomic mass is 16.5. The summed E-state index contributed by atoms with van der Waals surface area (Å²) >= 11 is 0. The van der Waals surface area contributed by atoms with E-state index in [2.05, 4.69) is 4.98 Å². The van der Waals surface area contributed by atoms with E-state index in [1.165, 1.54) is 0 Å². The molecule has 0 bridgehead atoms. The molecular weight excluding hydrogens is 332 g/mol. The van der Waals surface area contributed by atoms with Crippen LogP contribution in [0.3, 0.4) is 0 Å². The molecule has 0 amide bonds. The average molecular weight is 350 g/mol. The van der Waals surface area contributed by atoms with Gasteiger partial charge in [0.15, 0.2) is 0 Å². The lowest BCUT2D eigenvalue weighted by molar-refractivity contribution is 0.0428. The normalized spacial score (nSPS) is 11.3. The number of fused-ring (bicyclic) bond motifs is 2. The Balaban J connectivity index is 1.58. The molecule has 1 aromatic carbocycles. The fraction of sp³-hybridized carbons (Fsp3) is 0.200. The summed E-state index contributed by atoms with van der Waals surface area (Å²) in [6.07, 6.45) is 3.76. The van der Waals surface area contributed by atoms with Crippen molar-refractivity contribution in [1.29, 1.82) is 0 Å². The number of nitrogens with zero attached hydrogens (tertiary/aromatic N) is 2. The maximum absolute atomic E-state index is 12.6. The Hall–Kier alpha value is -3.12. The van der Waals surface area contributed by atoms with Crippen LogP contribution < -0.4 is 0 Å². The van der Waals surface area contributed by atoms with Crippen molar-refractivity contribution in [1.82, 2.24) is 9.38 Å².